The Balaban J connectivity index is 1.97. The van der Waals surface area contributed by atoms with E-state index in [4.69, 9.17) is 0 Å². The molecule has 1 atom stereocenters. The lowest BCUT2D eigenvalue weighted by Crippen LogP contribution is -2.04. The molecule has 1 N–H and O–H groups in total. The van der Waals surface area contributed by atoms with Crippen molar-refractivity contribution in [1.29, 1.82) is 0 Å². The van der Waals surface area contributed by atoms with Gasteiger partial charge >= 0.3 is 5.97 Å². The van der Waals surface area contributed by atoms with Crippen molar-refractivity contribution in [2.24, 2.45) is 0 Å². The summed E-state index contributed by atoms with van der Waals surface area (Å²) in [5, 5.41) is 0. The topological polar surface area (TPSA) is 89.1 Å². The number of carbonyl (C=O) groups is 1. The van der Waals surface area contributed by atoms with Crippen molar-refractivity contribution in [2.75, 3.05) is 18.6 Å². The van der Waals surface area contributed by atoms with Crippen LogP contribution in [0.15, 0.2) is 18.2 Å². The van der Waals surface area contributed by atoms with Crippen molar-refractivity contribution in [3.05, 3.63) is 29.6 Å². The van der Waals surface area contributed by atoms with Gasteiger partial charge in [0.05, 0.1) is 35.2 Å². The molecule has 1 aliphatic rings. The largest absolute Gasteiger partial charge is 0.465 e. The molecular formula is C13H14N2O4S. The molecule has 1 aromatic carbocycles. The number of ether oxygens (including phenoxy) is 1. The van der Waals surface area contributed by atoms with Crippen molar-refractivity contribution < 1.29 is 17.9 Å². The average Bonchev–Trinajstić information content (AvgIpc) is 2.99. The second-order valence-electron chi connectivity index (χ2n) is 4.95. The van der Waals surface area contributed by atoms with E-state index in [2.05, 4.69) is 14.7 Å². The van der Waals surface area contributed by atoms with Crippen LogP contribution in [0.1, 0.15) is 28.5 Å². The van der Waals surface area contributed by atoms with Gasteiger partial charge in [0, 0.05) is 5.92 Å². The van der Waals surface area contributed by atoms with E-state index in [1.165, 1.54) is 7.11 Å². The van der Waals surface area contributed by atoms with Crippen LogP contribution in [0.2, 0.25) is 0 Å². The molecule has 1 aliphatic heterocycles. The highest BCUT2D eigenvalue weighted by Crippen LogP contribution is 2.28. The summed E-state index contributed by atoms with van der Waals surface area (Å²) in [4.78, 5) is 19.0. The number of methoxy groups -OCH3 is 1. The third-order valence-electron chi connectivity index (χ3n) is 3.54. The predicted molar refractivity (Wildman–Crippen MR) is 73.4 cm³/mol. The number of sulfone groups is 1. The van der Waals surface area contributed by atoms with Crippen LogP contribution in [0.4, 0.5) is 0 Å². The van der Waals surface area contributed by atoms with Crippen molar-refractivity contribution in [1.82, 2.24) is 9.97 Å². The van der Waals surface area contributed by atoms with Crippen LogP contribution >= 0.6 is 0 Å². The Bertz CT molecular complexity index is 779. The maximum absolute atomic E-state index is 11.5. The maximum Gasteiger partial charge on any atom is 0.337 e. The Morgan fingerprint density at radius 3 is 2.90 bits per heavy atom. The Morgan fingerprint density at radius 2 is 2.25 bits per heavy atom. The summed E-state index contributed by atoms with van der Waals surface area (Å²) in [6, 6.07) is 5.04. The standard InChI is InChI=1S/C13H14N2O4S/c1-19-13(16)8-2-3-10-11(6-8)15-12(14-10)9-4-5-20(17,18)7-9/h2-3,6,9H,4-5,7H2,1H3,(H,14,15). The van der Waals surface area contributed by atoms with Crippen molar-refractivity contribution >= 4 is 26.8 Å². The van der Waals surface area contributed by atoms with Crippen LogP contribution in [0.3, 0.4) is 0 Å². The summed E-state index contributed by atoms with van der Waals surface area (Å²) in [6.45, 7) is 0. The molecule has 0 amide bonds. The molecule has 1 unspecified atom stereocenters. The summed E-state index contributed by atoms with van der Waals surface area (Å²) in [5.41, 5.74) is 1.87. The average molecular weight is 294 g/mol. The summed E-state index contributed by atoms with van der Waals surface area (Å²) >= 11 is 0. The lowest BCUT2D eigenvalue weighted by molar-refractivity contribution is 0.0601. The number of fused-ring (bicyclic) bond motifs is 1. The molecule has 0 spiro atoms. The number of nitrogens with zero attached hydrogens (tertiary/aromatic N) is 1. The number of carbonyl (C=O) groups excluding carboxylic acids is 1. The summed E-state index contributed by atoms with van der Waals surface area (Å²) in [5.74, 6) is 0.516. The molecule has 0 aliphatic carbocycles. The predicted octanol–water partition coefficient (Wildman–Crippen LogP) is 1.25. The van der Waals surface area contributed by atoms with Crippen molar-refractivity contribution in [3.8, 4) is 0 Å². The smallest absolute Gasteiger partial charge is 0.337 e. The SMILES string of the molecule is COC(=O)c1ccc2nc(C3CCS(=O)(=O)C3)[nH]c2c1. The van der Waals surface area contributed by atoms with E-state index in [1.54, 1.807) is 18.2 Å². The molecule has 2 aromatic rings. The van der Waals surface area contributed by atoms with Gasteiger partial charge in [-0.05, 0) is 24.6 Å². The van der Waals surface area contributed by atoms with Gasteiger partial charge in [-0.15, -0.1) is 0 Å². The lowest BCUT2D eigenvalue weighted by Gasteiger charge is -2.01. The number of esters is 1. The monoisotopic (exact) mass is 294 g/mol. The minimum Gasteiger partial charge on any atom is -0.465 e. The highest BCUT2D eigenvalue weighted by molar-refractivity contribution is 7.91. The van der Waals surface area contributed by atoms with E-state index < -0.39 is 15.8 Å². The molecule has 0 saturated carbocycles. The molecule has 6 nitrogen and oxygen atoms in total. The van der Waals surface area contributed by atoms with Gasteiger partial charge in [-0.2, -0.15) is 0 Å². The Labute approximate surface area is 116 Å². The fraction of sp³-hybridized carbons (Fsp3) is 0.385. The lowest BCUT2D eigenvalue weighted by atomic mass is 10.1. The van der Waals surface area contributed by atoms with Gasteiger partial charge in [-0.1, -0.05) is 0 Å². The van der Waals surface area contributed by atoms with Crippen molar-refractivity contribution in [2.45, 2.75) is 12.3 Å². The Morgan fingerprint density at radius 1 is 1.45 bits per heavy atom. The minimum atomic E-state index is -2.94. The number of aromatic nitrogens is 2. The molecule has 0 bridgehead atoms. The molecule has 2 heterocycles. The third-order valence-corrected chi connectivity index (χ3v) is 5.31. The summed E-state index contributed by atoms with van der Waals surface area (Å²) < 4.78 is 27.7. The fourth-order valence-corrected chi connectivity index (χ4v) is 4.23. The number of hydrogen-bond acceptors (Lipinski definition) is 5. The number of aromatic amines is 1. The summed E-state index contributed by atoms with van der Waals surface area (Å²) in [6.07, 6.45) is 0.589. The Hall–Kier alpha value is -1.89. The van der Waals surface area contributed by atoms with Gasteiger partial charge < -0.3 is 9.72 Å². The first-order chi connectivity index (χ1) is 9.48. The zero-order chi connectivity index (χ0) is 14.3. The molecule has 1 aromatic heterocycles. The van der Waals surface area contributed by atoms with Gasteiger partial charge in [0.2, 0.25) is 0 Å². The molecule has 1 fully saturated rings. The van der Waals surface area contributed by atoms with Crippen LogP contribution in [-0.4, -0.2) is 43.0 Å². The van der Waals surface area contributed by atoms with E-state index in [9.17, 15) is 13.2 Å². The van der Waals surface area contributed by atoms with E-state index in [0.717, 1.165) is 5.52 Å². The van der Waals surface area contributed by atoms with E-state index in [0.29, 0.717) is 23.3 Å². The van der Waals surface area contributed by atoms with Crippen LogP contribution in [0.25, 0.3) is 11.0 Å². The second-order valence-corrected chi connectivity index (χ2v) is 7.17. The van der Waals surface area contributed by atoms with Gasteiger partial charge in [0.15, 0.2) is 9.84 Å². The quantitative estimate of drug-likeness (QED) is 0.842. The molecule has 20 heavy (non-hydrogen) atoms. The molecule has 3 rings (SSSR count). The number of rotatable bonds is 2. The highest BCUT2D eigenvalue weighted by atomic mass is 32.2. The van der Waals surface area contributed by atoms with Gasteiger partial charge in [0.1, 0.15) is 5.82 Å². The summed E-state index contributed by atoms with van der Waals surface area (Å²) in [7, 11) is -1.61. The van der Waals surface area contributed by atoms with Crippen molar-refractivity contribution in [3.63, 3.8) is 0 Å². The normalized spacial score (nSPS) is 21.1. The van der Waals surface area contributed by atoms with Crippen LogP contribution < -0.4 is 0 Å². The first-order valence-corrected chi connectivity index (χ1v) is 8.09. The minimum absolute atomic E-state index is 0.0889. The van der Waals surface area contributed by atoms with Crippen LogP contribution in [0, 0.1) is 0 Å². The number of imidazole rings is 1. The first kappa shape index (κ1) is 13.1. The number of hydrogen-bond donors (Lipinski definition) is 1. The second kappa shape index (κ2) is 4.59. The number of H-pyrrole nitrogens is 1. The third kappa shape index (κ3) is 2.29. The van der Waals surface area contributed by atoms with Crippen LogP contribution in [0.5, 0.6) is 0 Å². The zero-order valence-corrected chi connectivity index (χ0v) is 11.7. The Kier molecular flexibility index (Phi) is 3.01. The molecule has 1 saturated heterocycles. The van der Waals surface area contributed by atoms with E-state index >= 15 is 0 Å². The molecule has 0 radical (unpaired) electrons. The molecular weight excluding hydrogens is 280 g/mol. The highest BCUT2D eigenvalue weighted by Gasteiger charge is 2.31. The number of benzene rings is 1. The first-order valence-electron chi connectivity index (χ1n) is 6.27. The maximum atomic E-state index is 11.5. The zero-order valence-electron chi connectivity index (χ0n) is 10.9. The number of nitrogens with one attached hydrogen (secondary N) is 1. The van der Waals surface area contributed by atoms with Crippen LogP contribution in [-0.2, 0) is 14.6 Å². The van der Waals surface area contributed by atoms with Gasteiger partial charge in [0.25, 0.3) is 0 Å². The van der Waals surface area contributed by atoms with E-state index in [1.807, 2.05) is 0 Å². The van der Waals surface area contributed by atoms with E-state index in [-0.39, 0.29) is 17.4 Å². The fourth-order valence-electron chi connectivity index (χ4n) is 2.48. The van der Waals surface area contributed by atoms with Gasteiger partial charge in [-0.25, -0.2) is 18.2 Å². The van der Waals surface area contributed by atoms with Gasteiger partial charge in [-0.3, -0.25) is 0 Å². The molecule has 7 heteroatoms. The molecule has 106 valence electrons.